The molecule has 2 atom stereocenters. The predicted molar refractivity (Wildman–Crippen MR) is 125 cm³/mol. The summed E-state index contributed by atoms with van der Waals surface area (Å²) in [6.07, 6.45) is 7.46. The fourth-order valence-corrected chi connectivity index (χ4v) is 4.95. The topological polar surface area (TPSA) is 35.6 Å². The Balaban J connectivity index is 1.27. The Morgan fingerprint density at radius 3 is 2.30 bits per heavy atom. The SMILES string of the molecule is CC1CC(c2ccccc2)CCN1CC(=O)Nc1ccc(N2CCCCCC2)cc1. The predicted octanol–water partition coefficient (Wildman–Crippen LogP) is 5.27. The molecule has 1 N–H and O–H groups in total. The number of carbonyl (C=O) groups excluding carboxylic acids is 1. The molecule has 0 aromatic heterocycles. The monoisotopic (exact) mass is 405 g/mol. The third kappa shape index (κ3) is 5.42. The highest BCUT2D eigenvalue weighted by Crippen LogP contribution is 2.31. The van der Waals surface area contributed by atoms with Gasteiger partial charge < -0.3 is 10.2 Å². The van der Waals surface area contributed by atoms with E-state index in [2.05, 4.69) is 64.5 Å². The van der Waals surface area contributed by atoms with Gasteiger partial charge in [0.1, 0.15) is 0 Å². The Labute approximate surface area is 181 Å². The molecule has 4 rings (SSSR count). The third-order valence-electron chi connectivity index (χ3n) is 6.75. The summed E-state index contributed by atoms with van der Waals surface area (Å²) >= 11 is 0. The molecule has 0 bridgehead atoms. The molecule has 4 nitrogen and oxygen atoms in total. The van der Waals surface area contributed by atoms with Crippen LogP contribution >= 0.6 is 0 Å². The lowest BCUT2D eigenvalue weighted by molar-refractivity contribution is -0.118. The van der Waals surface area contributed by atoms with Gasteiger partial charge in [0, 0.05) is 30.5 Å². The first kappa shape index (κ1) is 20.9. The van der Waals surface area contributed by atoms with Crippen molar-refractivity contribution in [2.75, 3.05) is 36.4 Å². The zero-order valence-electron chi connectivity index (χ0n) is 18.2. The number of nitrogens with one attached hydrogen (secondary N) is 1. The number of nitrogens with zero attached hydrogens (tertiary/aromatic N) is 2. The Bertz CT molecular complexity index is 797. The van der Waals surface area contributed by atoms with Crippen LogP contribution in [0.4, 0.5) is 11.4 Å². The van der Waals surface area contributed by atoms with Crippen LogP contribution in [0.2, 0.25) is 0 Å². The van der Waals surface area contributed by atoms with Crippen molar-refractivity contribution in [3.63, 3.8) is 0 Å². The second-order valence-corrected chi connectivity index (χ2v) is 8.95. The molecule has 2 aliphatic heterocycles. The van der Waals surface area contributed by atoms with Gasteiger partial charge in [0.2, 0.25) is 5.91 Å². The van der Waals surface area contributed by atoms with Gasteiger partial charge in [0.25, 0.3) is 0 Å². The Kier molecular flexibility index (Phi) is 7.06. The number of hydrogen-bond acceptors (Lipinski definition) is 3. The van der Waals surface area contributed by atoms with Crippen LogP contribution in [-0.2, 0) is 4.79 Å². The molecule has 1 amide bonds. The molecule has 2 fully saturated rings. The van der Waals surface area contributed by atoms with Crippen LogP contribution in [0.15, 0.2) is 54.6 Å². The highest BCUT2D eigenvalue weighted by Gasteiger charge is 2.27. The smallest absolute Gasteiger partial charge is 0.238 e. The highest BCUT2D eigenvalue weighted by molar-refractivity contribution is 5.92. The van der Waals surface area contributed by atoms with E-state index in [4.69, 9.17) is 0 Å². The summed E-state index contributed by atoms with van der Waals surface area (Å²) in [5.74, 6) is 0.689. The van der Waals surface area contributed by atoms with Gasteiger partial charge in [-0.1, -0.05) is 43.2 Å². The fourth-order valence-electron chi connectivity index (χ4n) is 4.95. The maximum atomic E-state index is 12.6. The van der Waals surface area contributed by atoms with Crippen LogP contribution in [0.1, 0.15) is 56.9 Å². The molecule has 2 aromatic rings. The van der Waals surface area contributed by atoms with Gasteiger partial charge in [-0.3, -0.25) is 9.69 Å². The minimum absolute atomic E-state index is 0.0857. The molecule has 2 heterocycles. The van der Waals surface area contributed by atoms with E-state index in [0.29, 0.717) is 18.5 Å². The van der Waals surface area contributed by atoms with E-state index in [1.807, 2.05) is 12.1 Å². The fraction of sp³-hybridized carbons (Fsp3) is 0.500. The lowest BCUT2D eigenvalue weighted by Crippen LogP contribution is -2.44. The third-order valence-corrected chi connectivity index (χ3v) is 6.75. The van der Waals surface area contributed by atoms with E-state index in [1.165, 1.54) is 36.9 Å². The zero-order chi connectivity index (χ0) is 20.8. The highest BCUT2D eigenvalue weighted by atomic mass is 16.2. The van der Waals surface area contributed by atoms with Gasteiger partial charge in [-0.15, -0.1) is 0 Å². The van der Waals surface area contributed by atoms with E-state index in [-0.39, 0.29) is 5.91 Å². The number of rotatable bonds is 5. The van der Waals surface area contributed by atoms with E-state index in [9.17, 15) is 4.79 Å². The number of anilines is 2. The van der Waals surface area contributed by atoms with Crippen molar-refractivity contribution >= 4 is 17.3 Å². The molecule has 0 spiro atoms. The lowest BCUT2D eigenvalue weighted by atomic mass is 9.86. The first-order chi connectivity index (χ1) is 14.7. The van der Waals surface area contributed by atoms with Crippen LogP contribution in [0.5, 0.6) is 0 Å². The maximum absolute atomic E-state index is 12.6. The molecule has 2 aliphatic rings. The molecule has 2 aromatic carbocycles. The van der Waals surface area contributed by atoms with Crippen molar-refractivity contribution in [3.8, 4) is 0 Å². The molecular formula is C26H35N3O. The molecule has 2 unspecified atom stereocenters. The van der Waals surface area contributed by atoms with Gasteiger partial charge in [-0.05, 0) is 74.9 Å². The molecule has 0 aliphatic carbocycles. The average Bonchev–Trinajstić information content (AvgIpc) is 3.06. The second kappa shape index (κ2) is 10.1. The normalized spacial score (nSPS) is 23.0. The quantitative estimate of drug-likeness (QED) is 0.736. The first-order valence-electron chi connectivity index (χ1n) is 11.6. The van der Waals surface area contributed by atoms with Crippen molar-refractivity contribution in [2.45, 2.75) is 57.4 Å². The molecule has 0 saturated carbocycles. The molecular weight excluding hydrogens is 370 g/mol. The van der Waals surface area contributed by atoms with Crippen LogP contribution in [0.3, 0.4) is 0 Å². The minimum Gasteiger partial charge on any atom is -0.372 e. The van der Waals surface area contributed by atoms with Crippen molar-refractivity contribution in [1.29, 1.82) is 0 Å². The minimum atomic E-state index is 0.0857. The Morgan fingerprint density at radius 1 is 0.933 bits per heavy atom. The first-order valence-corrected chi connectivity index (χ1v) is 11.6. The number of likely N-dealkylation sites (tertiary alicyclic amines) is 1. The number of benzene rings is 2. The van der Waals surface area contributed by atoms with E-state index >= 15 is 0 Å². The van der Waals surface area contributed by atoms with Crippen molar-refractivity contribution in [2.24, 2.45) is 0 Å². The standard InChI is InChI=1S/C26H35N3O/c1-21-19-23(22-9-5-4-6-10-22)15-18-29(21)20-26(30)27-24-11-13-25(14-12-24)28-16-7-2-3-8-17-28/h4-6,9-14,21,23H,2-3,7-8,15-20H2,1H3,(H,27,30). The van der Waals surface area contributed by atoms with Crippen LogP contribution in [-0.4, -0.2) is 43.0 Å². The van der Waals surface area contributed by atoms with Crippen molar-refractivity contribution < 1.29 is 4.79 Å². The number of piperidine rings is 1. The largest absolute Gasteiger partial charge is 0.372 e. The molecule has 30 heavy (non-hydrogen) atoms. The Hall–Kier alpha value is -2.33. The van der Waals surface area contributed by atoms with Crippen LogP contribution in [0, 0.1) is 0 Å². The van der Waals surface area contributed by atoms with Crippen molar-refractivity contribution in [1.82, 2.24) is 4.90 Å². The van der Waals surface area contributed by atoms with Gasteiger partial charge in [0.05, 0.1) is 6.54 Å². The summed E-state index contributed by atoms with van der Waals surface area (Å²) in [4.78, 5) is 17.4. The van der Waals surface area contributed by atoms with E-state index in [1.54, 1.807) is 0 Å². The van der Waals surface area contributed by atoms with Gasteiger partial charge >= 0.3 is 0 Å². The number of amides is 1. The van der Waals surface area contributed by atoms with Crippen LogP contribution in [0.25, 0.3) is 0 Å². The molecule has 160 valence electrons. The zero-order valence-corrected chi connectivity index (χ0v) is 18.2. The summed E-state index contributed by atoms with van der Waals surface area (Å²) in [5, 5.41) is 3.10. The molecule has 0 radical (unpaired) electrons. The van der Waals surface area contributed by atoms with E-state index in [0.717, 1.165) is 38.2 Å². The summed E-state index contributed by atoms with van der Waals surface area (Å²) < 4.78 is 0. The second-order valence-electron chi connectivity index (χ2n) is 8.95. The summed E-state index contributed by atoms with van der Waals surface area (Å²) in [6, 6.07) is 19.6. The maximum Gasteiger partial charge on any atom is 0.238 e. The molecule has 2 saturated heterocycles. The van der Waals surface area contributed by atoms with Gasteiger partial charge in [-0.25, -0.2) is 0 Å². The summed E-state index contributed by atoms with van der Waals surface area (Å²) in [7, 11) is 0. The average molecular weight is 406 g/mol. The van der Waals surface area contributed by atoms with Gasteiger partial charge in [0.15, 0.2) is 0 Å². The van der Waals surface area contributed by atoms with Crippen LogP contribution < -0.4 is 10.2 Å². The van der Waals surface area contributed by atoms with E-state index < -0.39 is 0 Å². The Morgan fingerprint density at radius 2 is 1.63 bits per heavy atom. The summed E-state index contributed by atoms with van der Waals surface area (Å²) in [5.41, 5.74) is 3.59. The molecule has 4 heteroatoms. The summed E-state index contributed by atoms with van der Waals surface area (Å²) in [6.45, 7) is 5.97. The lowest BCUT2D eigenvalue weighted by Gasteiger charge is -2.37. The van der Waals surface area contributed by atoms with Crippen molar-refractivity contribution in [3.05, 3.63) is 60.2 Å². The number of hydrogen-bond donors (Lipinski definition) is 1. The van der Waals surface area contributed by atoms with Gasteiger partial charge in [-0.2, -0.15) is 0 Å². The number of carbonyl (C=O) groups is 1.